The van der Waals surface area contributed by atoms with Crippen molar-refractivity contribution in [2.45, 2.75) is 6.92 Å². The number of amides is 3. The Labute approximate surface area is 121 Å². The third-order valence-corrected chi connectivity index (χ3v) is 2.96. The Morgan fingerprint density at radius 2 is 1.62 bits per heavy atom. The van der Waals surface area contributed by atoms with Crippen LogP contribution in [0.2, 0.25) is 0 Å². The quantitative estimate of drug-likeness (QED) is 0.811. The number of nitrogens with one attached hydrogen (secondary N) is 2. The summed E-state index contributed by atoms with van der Waals surface area (Å²) in [4.78, 5) is 23.2. The van der Waals surface area contributed by atoms with Crippen molar-refractivity contribution in [2.75, 3.05) is 10.6 Å². The highest BCUT2D eigenvalue weighted by atomic mass is 19.1. The number of benzene rings is 2. The maximum Gasteiger partial charge on any atom is 0.323 e. The predicted molar refractivity (Wildman–Crippen MR) is 78.7 cm³/mol. The molecule has 0 atom stereocenters. The fraction of sp³-hybridized carbons (Fsp3) is 0.0667. The van der Waals surface area contributed by atoms with Crippen molar-refractivity contribution in [1.82, 2.24) is 0 Å². The Morgan fingerprint density at radius 1 is 1.00 bits per heavy atom. The summed E-state index contributed by atoms with van der Waals surface area (Å²) in [6.45, 7) is 1.56. The highest BCUT2D eigenvalue weighted by Crippen LogP contribution is 2.19. The Hall–Kier alpha value is -2.89. The van der Waals surface area contributed by atoms with Crippen molar-refractivity contribution < 1.29 is 14.0 Å². The second-order valence-electron chi connectivity index (χ2n) is 4.40. The fourth-order valence-corrected chi connectivity index (χ4v) is 1.83. The summed E-state index contributed by atoms with van der Waals surface area (Å²) in [6, 6.07) is 10.2. The molecule has 0 aromatic heterocycles. The molecule has 0 aliphatic carbocycles. The van der Waals surface area contributed by atoms with E-state index in [9.17, 15) is 14.0 Å². The molecule has 3 amide bonds. The van der Waals surface area contributed by atoms with E-state index in [-0.39, 0.29) is 11.3 Å². The van der Waals surface area contributed by atoms with Gasteiger partial charge in [0.2, 0.25) is 0 Å². The molecule has 6 heteroatoms. The lowest BCUT2D eigenvalue weighted by Gasteiger charge is -2.12. The molecule has 0 radical (unpaired) electrons. The van der Waals surface area contributed by atoms with Gasteiger partial charge >= 0.3 is 6.03 Å². The second-order valence-corrected chi connectivity index (χ2v) is 4.40. The number of halogens is 1. The van der Waals surface area contributed by atoms with Crippen LogP contribution in [-0.2, 0) is 0 Å². The van der Waals surface area contributed by atoms with Gasteiger partial charge in [0.15, 0.2) is 0 Å². The van der Waals surface area contributed by atoms with Gasteiger partial charge in [-0.05, 0) is 31.2 Å². The number of rotatable bonds is 3. The Balaban J connectivity index is 2.16. The largest absolute Gasteiger partial charge is 0.366 e. The normalized spacial score (nSPS) is 10.0. The number of primary amides is 1. The number of nitrogens with two attached hydrogens (primary N) is 1. The zero-order chi connectivity index (χ0) is 15.4. The first kappa shape index (κ1) is 14.5. The zero-order valence-corrected chi connectivity index (χ0v) is 11.3. The van der Waals surface area contributed by atoms with Crippen LogP contribution in [0.25, 0.3) is 0 Å². The van der Waals surface area contributed by atoms with Gasteiger partial charge in [0.1, 0.15) is 5.82 Å². The number of hydrogen-bond acceptors (Lipinski definition) is 2. The summed E-state index contributed by atoms with van der Waals surface area (Å²) in [5.74, 6) is -1.06. The van der Waals surface area contributed by atoms with Crippen LogP contribution in [0.1, 0.15) is 15.9 Å². The molecular weight excluding hydrogens is 273 g/mol. The van der Waals surface area contributed by atoms with Crippen LogP contribution in [0.5, 0.6) is 0 Å². The van der Waals surface area contributed by atoms with E-state index in [1.165, 1.54) is 18.2 Å². The lowest BCUT2D eigenvalue weighted by molar-refractivity contribution is 0.100. The van der Waals surface area contributed by atoms with Gasteiger partial charge in [-0.1, -0.05) is 18.2 Å². The molecule has 0 saturated carbocycles. The summed E-state index contributed by atoms with van der Waals surface area (Å²) in [5.41, 5.74) is 6.39. The minimum Gasteiger partial charge on any atom is -0.366 e. The smallest absolute Gasteiger partial charge is 0.323 e. The number of urea groups is 1. The molecule has 0 unspecified atom stereocenters. The molecule has 2 aromatic rings. The second kappa shape index (κ2) is 6.04. The standard InChI is InChI=1S/C15H14FN3O2/c1-9-11(16)6-4-8-12(9)18-15(21)19-13-7-3-2-5-10(13)14(17)20/h2-8H,1H3,(H2,17,20)(H2,18,19,21). The summed E-state index contributed by atoms with van der Waals surface area (Å²) in [6.07, 6.45) is 0. The minimum absolute atomic E-state index is 0.198. The highest BCUT2D eigenvalue weighted by molar-refractivity contribution is 6.06. The molecule has 2 aromatic carbocycles. The van der Waals surface area contributed by atoms with Crippen LogP contribution in [0, 0.1) is 12.7 Å². The summed E-state index contributed by atoms with van der Waals surface area (Å²) in [5, 5.41) is 5.04. The number of carbonyl (C=O) groups excluding carboxylic acids is 2. The molecule has 0 saturated heterocycles. The van der Waals surface area contributed by atoms with E-state index < -0.39 is 17.8 Å². The van der Waals surface area contributed by atoms with E-state index in [0.29, 0.717) is 11.3 Å². The van der Waals surface area contributed by atoms with Crippen molar-refractivity contribution >= 4 is 23.3 Å². The number of hydrogen-bond donors (Lipinski definition) is 3. The van der Waals surface area contributed by atoms with Crippen LogP contribution >= 0.6 is 0 Å². The topological polar surface area (TPSA) is 84.2 Å². The van der Waals surface area contributed by atoms with Crippen LogP contribution in [0.4, 0.5) is 20.6 Å². The lowest BCUT2D eigenvalue weighted by atomic mass is 10.1. The lowest BCUT2D eigenvalue weighted by Crippen LogP contribution is -2.23. The third kappa shape index (κ3) is 3.36. The highest BCUT2D eigenvalue weighted by Gasteiger charge is 2.11. The van der Waals surface area contributed by atoms with E-state index in [0.717, 1.165) is 0 Å². The maximum atomic E-state index is 13.4. The van der Waals surface area contributed by atoms with Crippen molar-refractivity contribution in [3.05, 3.63) is 59.4 Å². The summed E-state index contributed by atoms with van der Waals surface area (Å²) < 4.78 is 13.4. The van der Waals surface area contributed by atoms with Gasteiger partial charge in [0.05, 0.1) is 11.3 Å². The Bertz CT molecular complexity index is 701. The molecule has 21 heavy (non-hydrogen) atoms. The van der Waals surface area contributed by atoms with E-state index in [1.807, 2.05) is 0 Å². The molecule has 2 rings (SSSR count). The average Bonchev–Trinajstić information content (AvgIpc) is 2.44. The number of para-hydroxylation sites is 1. The maximum absolute atomic E-state index is 13.4. The summed E-state index contributed by atoms with van der Waals surface area (Å²) in [7, 11) is 0. The van der Waals surface area contributed by atoms with Crippen LogP contribution in [0.3, 0.4) is 0 Å². The minimum atomic E-state index is -0.646. The molecule has 0 heterocycles. The first-order valence-corrected chi connectivity index (χ1v) is 6.21. The van der Waals surface area contributed by atoms with Gasteiger partial charge in [0.25, 0.3) is 5.91 Å². The van der Waals surface area contributed by atoms with E-state index in [4.69, 9.17) is 5.73 Å². The van der Waals surface area contributed by atoms with Crippen LogP contribution in [-0.4, -0.2) is 11.9 Å². The number of anilines is 2. The first-order chi connectivity index (χ1) is 9.99. The fourth-order valence-electron chi connectivity index (χ4n) is 1.83. The van der Waals surface area contributed by atoms with Crippen molar-refractivity contribution in [3.63, 3.8) is 0 Å². The van der Waals surface area contributed by atoms with E-state index >= 15 is 0 Å². The number of carbonyl (C=O) groups is 2. The molecule has 4 N–H and O–H groups in total. The van der Waals surface area contributed by atoms with Gasteiger partial charge < -0.3 is 16.4 Å². The van der Waals surface area contributed by atoms with Gasteiger partial charge in [-0.25, -0.2) is 9.18 Å². The monoisotopic (exact) mass is 287 g/mol. The van der Waals surface area contributed by atoms with Crippen molar-refractivity contribution in [2.24, 2.45) is 5.73 Å². The first-order valence-electron chi connectivity index (χ1n) is 6.21. The zero-order valence-electron chi connectivity index (χ0n) is 11.3. The molecule has 0 spiro atoms. The molecule has 0 aliphatic heterocycles. The predicted octanol–water partition coefficient (Wildman–Crippen LogP) is 2.88. The Morgan fingerprint density at radius 3 is 2.33 bits per heavy atom. The van der Waals surface area contributed by atoms with Crippen molar-refractivity contribution in [3.8, 4) is 0 Å². The van der Waals surface area contributed by atoms with Gasteiger partial charge in [0, 0.05) is 11.3 Å². The molecule has 0 fully saturated rings. The van der Waals surface area contributed by atoms with Crippen LogP contribution in [0.15, 0.2) is 42.5 Å². The SMILES string of the molecule is Cc1c(F)cccc1NC(=O)Nc1ccccc1C(N)=O. The van der Waals surface area contributed by atoms with Gasteiger partial charge in [-0.3, -0.25) is 4.79 Å². The van der Waals surface area contributed by atoms with E-state index in [2.05, 4.69) is 10.6 Å². The van der Waals surface area contributed by atoms with E-state index in [1.54, 1.807) is 31.2 Å². The molecule has 5 nitrogen and oxygen atoms in total. The molecule has 108 valence electrons. The molecule has 0 aliphatic rings. The molecular formula is C15H14FN3O2. The van der Waals surface area contributed by atoms with Gasteiger partial charge in [-0.15, -0.1) is 0 Å². The average molecular weight is 287 g/mol. The van der Waals surface area contributed by atoms with Crippen LogP contribution < -0.4 is 16.4 Å². The Kier molecular flexibility index (Phi) is 4.18. The summed E-state index contributed by atoms with van der Waals surface area (Å²) >= 11 is 0. The van der Waals surface area contributed by atoms with Crippen molar-refractivity contribution in [1.29, 1.82) is 0 Å². The van der Waals surface area contributed by atoms with Gasteiger partial charge in [-0.2, -0.15) is 0 Å². The third-order valence-electron chi connectivity index (χ3n) is 2.96. The molecule has 0 bridgehead atoms.